The molecule has 11 nitrogen and oxygen atoms in total. The number of aliphatic carboxylic acids is 1. The van der Waals surface area contributed by atoms with E-state index in [1.165, 1.54) is 6.07 Å². The van der Waals surface area contributed by atoms with E-state index in [-0.39, 0.29) is 30.3 Å². The van der Waals surface area contributed by atoms with Gasteiger partial charge >= 0.3 is 18.2 Å². The van der Waals surface area contributed by atoms with Crippen molar-refractivity contribution in [3.63, 3.8) is 0 Å². The standard InChI is InChI=1S/C33H35F2N7O2.C2HF3O2/c1-20(2)38-31(43)22-15-14-21(3)24(18-22)28-25-19-37-33(44)42(29-26(34)12-8-13-27(29)35)30(25)40-32(39-28)36-16-9-17-41(4)23-10-6-5-7-11-23;3-2(4,5)1(6)7/h5-8,10-15,18,20H,9,16-17,19H2,1-4H3,(H,37,44)(H,38,43)(H,36,39,40);(H,6,7). The van der Waals surface area contributed by atoms with E-state index >= 15 is 8.78 Å². The highest BCUT2D eigenvalue weighted by Crippen LogP contribution is 2.39. The third kappa shape index (κ3) is 9.46. The number of aromatic nitrogens is 2. The monoisotopic (exact) mass is 713 g/mol. The van der Waals surface area contributed by atoms with Crippen molar-refractivity contribution < 1.29 is 41.4 Å². The molecular weight excluding hydrogens is 677 g/mol. The van der Waals surface area contributed by atoms with Crippen molar-refractivity contribution >= 4 is 41.0 Å². The number of hydrogen-bond acceptors (Lipinski definition) is 7. The van der Waals surface area contributed by atoms with Crippen LogP contribution in [0.2, 0.25) is 0 Å². The van der Waals surface area contributed by atoms with E-state index in [0.29, 0.717) is 28.9 Å². The number of alkyl halides is 3. The fourth-order valence-corrected chi connectivity index (χ4v) is 5.06. The van der Waals surface area contributed by atoms with E-state index in [0.717, 1.165) is 41.2 Å². The van der Waals surface area contributed by atoms with Crippen LogP contribution in [0.4, 0.5) is 49.9 Å². The Morgan fingerprint density at radius 1 is 1.02 bits per heavy atom. The lowest BCUT2D eigenvalue weighted by Crippen LogP contribution is -2.43. The molecule has 51 heavy (non-hydrogen) atoms. The minimum absolute atomic E-state index is 0.0279. The molecule has 1 aliphatic heterocycles. The highest BCUT2D eigenvalue weighted by atomic mass is 19.4. The quantitative estimate of drug-likeness (QED) is 0.104. The number of aryl methyl sites for hydroxylation is 1. The molecule has 3 amide bonds. The second-order valence-electron chi connectivity index (χ2n) is 11.8. The molecule has 1 aromatic heterocycles. The first kappa shape index (κ1) is 38.0. The topological polar surface area (TPSA) is 140 Å². The molecule has 0 fully saturated rings. The van der Waals surface area contributed by atoms with Gasteiger partial charge in [-0.2, -0.15) is 18.2 Å². The number of amides is 3. The number of carbonyl (C=O) groups excluding carboxylic acids is 2. The van der Waals surface area contributed by atoms with Gasteiger partial charge in [0.25, 0.3) is 5.91 Å². The van der Waals surface area contributed by atoms with Crippen LogP contribution in [0.5, 0.6) is 0 Å². The van der Waals surface area contributed by atoms with Crippen LogP contribution in [-0.4, -0.2) is 65.3 Å². The van der Waals surface area contributed by atoms with Crippen LogP contribution in [0.25, 0.3) is 11.3 Å². The number of carboxylic acids is 1. The zero-order chi connectivity index (χ0) is 37.5. The van der Waals surface area contributed by atoms with E-state index in [4.69, 9.17) is 14.9 Å². The normalized spacial score (nSPS) is 12.4. The van der Waals surface area contributed by atoms with Crippen LogP contribution in [0, 0.1) is 18.6 Å². The second kappa shape index (κ2) is 16.3. The molecule has 0 saturated carbocycles. The number of hydrogen-bond donors (Lipinski definition) is 4. The van der Waals surface area contributed by atoms with Gasteiger partial charge in [0, 0.05) is 48.6 Å². The van der Waals surface area contributed by atoms with Gasteiger partial charge in [0.05, 0.1) is 12.2 Å². The summed E-state index contributed by atoms with van der Waals surface area (Å²) in [4.78, 5) is 47.4. The number of nitrogens with one attached hydrogen (secondary N) is 3. The Kier molecular flexibility index (Phi) is 12.1. The van der Waals surface area contributed by atoms with Crippen molar-refractivity contribution in [3.05, 3.63) is 95.1 Å². The second-order valence-corrected chi connectivity index (χ2v) is 11.8. The summed E-state index contributed by atoms with van der Waals surface area (Å²) in [6.07, 6.45) is -4.35. The molecule has 0 atom stereocenters. The van der Waals surface area contributed by atoms with Crippen LogP contribution in [0.15, 0.2) is 66.7 Å². The minimum atomic E-state index is -5.08. The summed E-state index contributed by atoms with van der Waals surface area (Å²) < 4.78 is 61.8. The molecule has 0 saturated heterocycles. The van der Waals surface area contributed by atoms with Crippen molar-refractivity contribution in [3.8, 4) is 11.3 Å². The molecule has 16 heteroatoms. The predicted octanol–water partition coefficient (Wildman–Crippen LogP) is 6.80. The largest absolute Gasteiger partial charge is 0.490 e. The summed E-state index contributed by atoms with van der Waals surface area (Å²) >= 11 is 0. The van der Waals surface area contributed by atoms with Gasteiger partial charge in [-0.3, -0.25) is 4.79 Å². The number of anilines is 4. The highest BCUT2D eigenvalue weighted by molar-refractivity contribution is 6.02. The Bertz CT molecular complexity index is 1870. The van der Waals surface area contributed by atoms with Gasteiger partial charge in [0.1, 0.15) is 17.3 Å². The first-order valence-corrected chi connectivity index (χ1v) is 15.7. The molecule has 0 spiro atoms. The number of halogens is 5. The summed E-state index contributed by atoms with van der Waals surface area (Å²) in [5.41, 5.74) is 3.35. The van der Waals surface area contributed by atoms with Crippen molar-refractivity contribution in [2.75, 3.05) is 35.3 Å². The zero-order valence-electron chi connectivity index (χ0n) is 28.1. The van der Waals surface area contributed by atoms with Crippen molar-refractivity contribution in [2.24, 2.45) is 0 Å². The number of para-hydroxylation sites is 2. The smallest absolute Gasteiger partial charge is 0.475 e. The third-order valence-corrected chi connectivity index (χ3v) is 7.55. The molecule has 270 valence electrons. The van der Waals surface area contributed by atoms with Gasteiger partial charge in [-0.05, 0) is 69.2 Å². The Hall–Kier alpha value is -5.80. The molecule has 0 radical (unpaired) electrons. The zero-order valence-corrected chi connectivity index (χ0v) is 28.1. The summed E-state index contributed by atoms with van der Waals surface area (Å²) in [5, 5.41) is 16.0. The van der Waals surface area contributed by atoms with Crippen LogP contribution < -0.4 is 25.8 Å². The number of nitrogens with zero attached hydrogens (tertiary/aromatic N) is 4. The van der Waals surface area contributed by atoms with Crippen LogP contribution in [0.3, 0.4) is 0 Å². The van der Waals surface area contributed by atoms with Crippen molar-refractivity contribution in [2.45, 2.75) is 46.0 Å². The highest BCUT2D eigenvalue weighted by Gasteiger charge is 2.38. The van der Waals surface area contributed by atoms with Crippen molar-refractivity contribution in [1.29, 1.82) is 0 Å². The van der Waals surface area contributed by atoms with Gasteiger partial charge in [-0.15, -0.1) is 0 Å². The maximum absolute atomic E-state index is 15.0. The van der Waals surface area contributed by atoms with Crippen LogP contribution >= 0.6 is 0 Å². The molecular formula is C35H36F5N7O4. The number of carboxylic acid groups (broad SMARTS) is 1. The van der Waals surface area contributed by atoms with E-state index in [1.807, 2.05) is 64.2 Å². The summed E-state index contributed by atoms with van der Waals surface area (Å²) in [7, 11) is 2.01. The molecule has 5 rings (SSSR count). The Morgan fingerprint density at radius 3 is 2.27 bits per heavy atom. The first-order chi connectivity index (χ1) is 24.1. The maximum atomic E-state index is 15.0. The van der Waals surface area contributed by atoms with Gasteiger partial charge < -0.3 is 26.0 Å². The lowest BCUT2D eigenvalue weighted by atomic mass is 9.97. The molecule has 4 N–H and O–H groups in total. The summed E-state index contributed by atoms with van der Waals surface area (Å²) in [6, 6.07) is 17.9. The number of fused-ring (bicyclic) bond motifs is 1. The average Bonchev–Trinajstić information content (AvgIpc) is 3.07. The first-order valence-electron chi connectivity index (χ1n) is 15.7. The van der Waals surface area contributed by atoms with Gasteiger partial charge in [-0.25, -0.2) is 28.3 Å². The van der Waals surface area contributed by atoms with E-state index in [1.54, 1.807) is 12.1 Å². The van der Waals surface area contributed by atoms with E-state index < -0.39 is 35.5 Å². The van der Waals surface area contributed by atoms with E-state index in [9.17, 15) is 22.8 Å². The van der Waals surface area contributed by atoms with Gasteiger partial charge in [0.15, 0.2) is 5.82 Å². The molecule has 0 unspecified atom stereocenters. The molecule has 0 bridgehead atoms. The fraction of sp³-hybridized carbons (Fsp3) is 0.286. The maximum Gasteiger partial charge on any atom is 0.490 e. The number of rotatable bonds is 10. The molecule has 4 aromatic rings. The summed E-state index contributed by atoms with van der Waals surface area (Å²) in [6.45, 7) is 6.91. The minimum Gasteiger partial charge on any atom is -0.475 e. The molecule has 1 aliphatic rings. The predicted molar refractivity (Wildman–Crippen MR) is 182 cm³/mol. The average molecular weight is 714 g/mol. The van der Waals surface area contributed by atoms with E-state index in [2.05, 4.69) is 25.8 Å². The third-order valence-electron chi connectivity index (χ3n) is 7.55. The SMILES string of the molecule is Cc1ccc(C(=O)NC(C)C)cc1-c1nc(NCCCN(C)c2ccccc2)nc2c1CNC(=O)N2c1c(F)cccc1F.O=C(O)C(F)(F)F. The van der Waals surface area contributed by atoms with Gasteiger partial charge in [0.2, 0.25) is 5.95 Å². The number of carbonyl (C=O) groups is 3. The summed E-state index contributed by atoms with van der Waals surface area (Å²) in [5.74, 6) is -4.57. The lowest BCUT2D eigenvalue weighted by Gasteiger charge is -2.31. The van der Waals surface area contributed by atoms with Crippen LogP contribution in [0.1, 0.15) is 41.8 Å². The molecule has 2 heterocycles. The Morgan fingerprint density at radius 2 is 1.67 bits per heavy atom. The van der Waals surface area contributed by atoms with Crippen molar-refractivity contribution in [1.82, 2.24) is 20.6 Å². The lowest BCUT2D eigenvalue weighted by molar-refractivity contribution is -0.192. The van der Waals surface area contributed by atoms with Gasteiger partial charge in [-0.1, -0.05) is 30.3 Å². The number of benzene rings is 3. The molecule has 0 aliphatic carbocycles. The van der Waals surface area contributed by atoms with Crippen LogP contribution in [-0.2, 0) is 11.3 Å². The Balaban J connectivity index is 0.000000755. The fourth-order valence-electron chi connectivity index (χ4n) is 5.06. The Labute approximate surface area is 290 Å². The molecule has 3 aromatic carbocycles. The number of urea groups is 1.